The molecule has 6 heteroatoms. The summed E-state index contributed by atoms with van der Waals surface area (Å²) in [6.07, 6.45) is 5.32. The van der Waals surface area contributed by atoms with E-state index in [0.717, 1.165) is 43.6 Å². The zero-order valence-electron chi connectivity index (χ0n) is 12.9. The summed E-state index contributed by atoms with van der Waals surface area (Å²) in [5.41, 5.74) is 0. The average Bonchev–Trinajstić information content (AvgIpc) is 2.88. The maximum absolute atomic E-state index is 12.4. The molecule has 0 saturated heterocycles. The Hall–Kier alpha value is -0.430. The fourth-order valence-corrected chi connectivity index (χ4v) is 5.43. The van der Waals surface area contributed by atoms with Crippen molar-refractivity contribution in [3.63, 3.8) is 0 Å². The second-order valence-corrected chi connectivity index (χ2v) is 9.10. The summed E-state index contributed by atoms with van der Waals surface area (Å²) in [4.78, 5) is 1.07. The number of thiophene rings is 1. The van der Waals surface area contributed by atoms with Crippen molar-refractivity contribution >= 4 is 21.4 Å². The van der Waals surface area contributed by atoms with Crippen LogP contribution in [-0.2, 0) is 16.6 Å². The Morgan fingerprint density at radius 2 is 2.14 bits per heavy atom. The van der Waals surface area contributed by atoms with Crippen LogP contribution in [0.5, 0.6) is 0 Å². The number of hydrogen-bond donors (Lipinski definition) is 2. The highest BCUT2D eigenvalue weighted by molar-refractivity contribution is 7.91. The molecule has 1 aliphatic carbocycles. The number of hydrogen-bond acceptors (Lipinski definition) is 4. The standard InChI is InChI=1S/C15H26N2O2S2/c1-3-9-16-11-14-7-8-15(20-14)21(18,19)17-13-6-4-5-12(2)10-13/h7-8,12-13,16-17H,3-6,9-11H2,1-2H3. The molecule has 2 unspecified atom stereocenters. The predicted molar refractivity (Wildman–Crippen MR) is 88.1 cm³/mol. The lowest BCUT2D eigenvalue weighted by atomic mass is 9.88. The maximum Gasteiger partial charge on any atom is 0.250 e. The highest BCUT2D eigenvalue weighted by atomic mass is 32.2. The summed E-state index contributed by atoms with van der Waals surface area (Å²) in [5.74, 6) is 0.614. The van der Waals surface area contributed by atoms with Gasteiger partial charge < -0.3 is 5.32 Å². The van der Waals surface area contributed by atoms with Gasteiger partial charge in [-0.2, -0.15) is 0 Å². The Kier molecular flexibility index (Phi) is 6.22. The second-order valence-electron chi connectivity index (χ2n) is 5.99. The fraction of sp³-hybridized carbons (Fsp3) is 0.733. The zero-order chi connectivity index (χ0) is 15.3. The third kappa shape index (κ3) is 5.06. The molecule has 1 fully saturated rings. The first-order chi connectivity index (χ1) is 10.0. The smallest absolute Gasteiger partial charge is 0.250 e. The molecule has 1 heterocycles. The molecular formula is C15H26N2O2S2. The molecule has 0 amide bonds. The highest BCUT2D eigenvalue weighted by Crippen LogP contribution is 2.27. The lowest BCUT2D eigenvalue weighted by Gasteiger charge is -2.26. The van der Waals surface area contributed by atoms with Gasteiger partial charge in [-0.15, -0.1) is 11.3 Å². The van der Waals surface area contributed by atoms with Crippen molar-refractivity contribution in [3.8, 4) is 0 Å². The van der Waals surface area contributed by atoms with Gasteiger partial charge in [0.2, 0.25) is 10.0 Å². The summed E-state index contributed by atoms with van der Waals surface area (Å²) in [6.45, 7) is 6.02. The first-order valence-electron chi connectivity index (χ1n) is 7.83. The van der Waals surface area contributed by atoms with Crippen LogP contribution in [0.3, 0.4) is 0 Å². The van der Waals surface area contributed by atoms with Crippen LogP contribution < -0.4 is 10.0 Å². The molecule has 2 rings (SSSR count). The van der Waals surface area contributed by atoms with Crippen LogP contribution in [0.1, 0.15) is 50.8 Å². The molecule has 120 valence electrons. The van der Waals surface area contributed by atoms with Crippen LogP contribution in [0.15, 0.2) is 16.3 Å². The number of sulfonamides is 1. The molecule has 1 aromatic heterocycles. The van der Waals surface area contributed by atoms with E-state index >= 15 is 0 Å². The minimum atomic E-state index is -3.35. The Morgan fingerprint density at radius 1 is 1.33 bits per heavy atom. The summed E-state index contributed by atoms with van der Waals surface area (Å²) in [6, 6.07) is 3.73. The third-order valence-electron chi connectivity index (χ3n) is 3.89. The Labute approximate surface area is 132 Å². The molecule has 2 atom stereocenters. The van der Waals surface area contributed by atoms with Crippen LogP contribution in [-0.4, -0.2) is 21.0 Å². The first-order valence-corrected chi connectivity index (χ1v) is 10.1. The Bertz CT molecular complexity index is 540. The molecule has 0 radical (unpaired) electrons. The lowest BCUT2D eigenvalue weighted by molar-refractivity contribution is 0.327. The van der Waals surface area contributed by atoms with E-state index in [0.29, 0.717) is 10.1 Å². The quantitative estimate of drug-likeness (QED) is 0.755. The summed E-state index contributed by atoms with van der Waals surface area (Å²) >= 11 is 1.37. The van der Waals surface area contributed by atoms with Crippen molar-refractivity contribution in [1.82, 2.24) is 10.0 Å². The highest BCUT2D eigenvalue weighted by Gasteiger charge is 2.25. The monoisotopic (exact) mass is 330 g/mol. The molecule has 0 spiro atoms. The van der Waals surface area contributed by atoms with E-state index in [-0.39, 0.29) is 6.04 Å². The van der Waals surface area contributed by atoms with E-state index in [1.54, 1.807) is 6.07 Å². The van der Waals surface area contributed by atoms with Crippen molar-refractivity contribution in [2.45, 2.75) is 62.7 Å². The Balaban J connectivity index is 1.95. The molecular weight excluding hydrogens is 304 g/mol. The molecule has 1 aliphatic rings. The van der Waals surface area contributed by atoms with Gasteiger partial charge in [0.15, 0.2) is 0 Å². The van der Waals surface area contributed by atoms with Gasteiger partial charge in [0.25, 0.3) is 0 Å². The predicted octanol–water partition coefficient (Wildman–Crippen LogP) is 3.10. The van der Waals surface area contributed by atoms with E-state index in [1.807, 2.05) is 6.07 Å². The van der Waals surface area contributed by atoms with Crippen LogP contribution in [0.2, 0.25) is 0 Å². The number of nitrogens with one attached hydrogen (secondary N) is 2. The second kappa shape index (κ2) is 7.72. The van der Waals surface area contributed by atoms with E-state index < -0.39 is 10.0 Å². The minimum Gasteiger partial charge on any atom is -0.312 e. The van der Waals surface area contributed by atoms with Gasteiger partial charge in [0.1, 0.15) is 4.21 Å². The Morgan fingerprint density at radius 3 is 2.86 bits per heavy atom. The van der Waals surface area contributed by atoms with Crippen LogP contribution in [0.4, 0.5) is 0 Å². The van der Waals surface area contributed by atoms with Crippen molar-refractivity contribution in [2.75, 3.05) is 6.54 Å². The van der Waals surface area contributed by atoms with Crippen LogP contribution >= 0.6 is 11.3 Å². The molecule has 0 aromatic carbocycles. The van der Waals surface area contributed by atoms with E-state index in [4.69, 9.17) is 0 Å². The molecule has 1 saturated carbocycles. The van der Waals surface area contributed by atoms with Gasteiger partial charge in [0, 0.05) is 17.5 Å². The maximum atomic E-state index is 12.4. The average molecular weight is 331 g/mol. The van der Waals surface area contributed by atoms with Gasteiger partial charge in [-0.05, 0) is 43.9 Å². The van der Waals surface area contributed by atoms with E-state index in [2.05, 4.69) is 23.9 Å². The fourth-order valence-electron chi connectivity index (χ4n) is 2.80. The molecule has 1 aromatic rings. The molecule has 0 bridgehead atoms. The number of rotatable bonds is 7. The van der Waals surface area contributed by atoms with Gasteiger partial charge in [-0.1, -0.05) is 26.7 Å². The van der Waals surface area contributed by atoms with Crippen molar-refractivity contribution in [2.24, 2.45) is 5.92 Å². The minimum absolute atomic E-state index is 0.0996. The first kappa shape index (κ1) is 16.9. The van der Waals surface area contributed by atoms with Crippen molar-refractivity contribution in [1.29, 1.82) is 0 Å². The summed E-state index contributed by atoms with van der Waals surface area (Å²) < 4.78 is 28.2. The van der Waals surface area contributed by atoms with Gasteiger partial charge in [-0.25, -0.2) is 13.1 Å². The van der Waals surface area contributed by atoms with Gasteiger partial charge in [0.05, 0.1) is 0 Å². The molecule has 2 N–H and O–H groups in total. The largest absolute Gasteiger partial charge is 0.312 e. The van der Waals surface area contributed by atoms with E-state index in [9.17, 15) is 8.42 Å². The van der Waals surface area contributed by atoms with Crippen LogP contribution in [0, 0.1) is 5.92 Å². The summed E-state index contributed by atoms with van der Waals surface area (Å²) in [5, 5.41) is 3.30. The normalized spacial score (nSPS) is 23.3. The zero-order valence-corrected chi connectivity index (χ0v) is 14.5. The van der Waals surface area contributed by atoms with E-state index in [1.165, 1.54) is 17.8 Å². The third-order valence-corrected chi connectivity index (χ3v) is 6.98. The van der Waals surface area contributed by atoms with Gasteiger partial charge >= 0.3 is 0 Å². The molecule has 0 aliphatic heterocycles. The topological polar surface area (TPSA) is 58.2 Å². The van der Waals surface area contributed by atoms with Crippen molar-refractivity contribution in [3.05, 3.63) is 17.0 Å². The SMILES string of the molecule is CCCNCc1ccc(S(=O)(=O)NC2CCCC(C)C2)s1. The van der Waals surface area contributed by atoms with Crippen molar-refractivity contribution < 1.29 is 8.42 Å². The molecule has 4 nitrogen and oxygen atoms in total. The van der Waals surface area contributed by atoms with Gasteiger partial charge in [-0.3, -0.25) is 0 Å². The molecule has 21 heavy (non-hydrogen) atoms. The lowest BCUT2D eigenvalue weighted by Crippen LogP contribution is -2.37. The van der Waals surface area contributed by atoms with Crippen LogP contribution in [0.25, 0.3) is 0 Å². The summed E-state index contributed by atoms with van der Waals surface area (Å²) in [7, 11) is -3.35.